The Morgan fingerprint density at radius 3 is 2.86 bits per heavy atom. The number of piperidine rings is 1. The van der Waals surface area contributed by atoms with Crippen molar-refractivity contribution < 1.29 is 24.5 Å². The molecule has 0 aromatic heterocycles. The van der Waals surface area contributed by atoms with Crippen LogP contribution in [-0.4, -0.2) is 53.5 Å². The molecule has 2 N–H and O–H groups in total. The van der Waals surface area contributed by atoms with Gasteiger partial charge in [-0.25, -0.2) is 4.79 Å². The molecule has 2 aliphatic heterocycles. The van der Waals surface area contributed by atoms with Gasteiger partial charge >= 0.3 is 5.97 Å². The molecule has 1 aromatic rings. The van der Waals surface area contributed by atoms with Crippen molar-refractivity contribution in [1.82, 2.24) is 4.90 Å². The number of likely N-dealkylation sites (tertiary alicyclic amines) is 1. The number of aromatic hydroxyl groups is 1. The minimum Gasteiger partial charge on any atom is -0.508 e. The molecule has 6 heteroatoms. The highest BCUT2D eigenvalue weighted by Crippen LogP contribution is 2.39. The summed E-state index contributed by atoms with van der Waals surface area (Å²) < 4.78 is 11.0. The fraction of sp³-hybridized carbons (Fsp3) is 0.533. The number of carbonyl (C=O) groups is 1. The Morgan fingerprint density at radius 2 is 2.14 bits per heavy atom. The molecule has 0 aliphatic carbocycles. The van der Waals surface area contributed by atoms with Crippen LogP contribution in [0.4, 0.5) is 0 Å². The van der Waals surface area contributed by atoms with Gasteiger partial charge in [0.25, 0.3) is 0 Å². The summed E-state index contributed by atoms with van der Waals surface area (Å²) in [7, 11) is 0. The molecule has 0 radical (unpaired) electrons. The number of ether oxygens (including phenoxy) is 2. The molecule has 1 fully saturated rings. The van der Waals surface area contributed by atoms with Gasteiger partial charge in [0.2, 0.25) is 0 Å². The average molecular weight is 293 g/mol. The Bertz CT molecular complexity index is 525. The zero-order valence-electron chi connectivity index (χ0n) is 11.7. The molecule has 2 heterocycles. The van der Waals surface area contributed by atoms with Gasteiger partial charge < -0.3 is 19.7 Å². The zero-order valence-corrected chi connectivity index (χ0v) is 11.7. The van der Waals surface area contributed by atoms with Gasteiger partial charge in [0.1, 0.15) is 24.7 Å². The number of fused-ring (bicyclic) bond motifs is 1. The number of hydrogen-bond donors (Lipinski definition) is 2. The monoisotopic (exact) mass is 293 g/mol. The van der Waals surface area contributed by atoms with Crippen LogP contribution in [0.15, 0.2) is 18.2 Å². The van der Waals surface area contributed by atoms with E-state index in [0.29, 0.717) is 6.61 Å². The molecule has 2 aliphatic rings. The highest BCUT2D eigenvalue weighted by atomic mass is 16.5. The number of carboxylic acids is 1. The fourth-order valence-corrected chi connectivity index (χ4v) is 3.03. The van der Waals surface area contributed by atoms with Crippen LogP contribution in [0.2, 0.25) is 0 Å². The first-order valence-corrected chi connectivity index (χ1v) is 7.16. The zero-order chi connectivity index (χ0) is 14.8. The summed E-state index contributed by atoms with van der Waals surface area (Å²) in [5.41, 5.74) is 1.11. The van der Waals surface area contributed by atoms with E-state index in [-0.39, 0.29) is 24.5 Å². The second-order valence-electron chi connectivity index (χ2n) is 5.49. The Morgan fingerprint density at radius 1 is 1.38 bits per heavy atom. The van der Waals surface area contributed by atoms with Gasteiger partial charge in [-0.3, -0.25) is 4.90 Å². The lowest BCUT2D eigenvalue weighted by molar-refractivity contribution is -0.145. The van der Waals surface area contributed by atoms with Gasteiger partial charge in [0, 0.05) is 24.7 Å². The van der Waals surface area contributed by atoms with Crippen molar-refractivity contribution in [3.8, 4) is 11.5 Å². The molecule has 21 heavy (non-hydrogen) atoms. The van der Waals surface area contributed by atoms with E-state index in [4.69, 9.17) is 14.6 Å². The second-order valence-corrected chi connectivity index (χ2v) is 5.49. The van der Waals surface area contributed by atoms with Gasteiger partial charge in [-0.15, -0.1) is 0 Å². The normalized spacial score (nSPS) is 22.8. The van der Waals surface area contributed by atoms with Crippen LogP contribution in [-0.2, 0) is 9.53 Å². The summed E-state index contributed by atoms with van der Waals surface area (Å²) >= 11 is 0. The summed E-state index contributed by atoms with van der Waals surface area (Å²) in [5, 5.41) is 18.1. The molecule has 0 spiro atoms. The first-order chi connectivity index (χ1) is 10.1. The van der Waals surface area contributed by atoms with E-state index < -0.39 is 5.97 Å². The molecule has 0 saturated carbocycles. The van der Waals surface area contributed by atoms with E-state index in [1.54, 1.807) is 12.1 Å². The third-order valence-electron chi connectivity index (χ3n) is 4.11. The minimum absolute atomic E-state index is 0.0268. The Balaban J connectivity index is 1.58. The van der Waals surface area contributed by atoms with E-state index in [9.17, 15) is 9.90 Å². The Labute approximate surface area is 122 Å². The van der Waals surface area contributed by atoms with E-state index >= 15 is 0 Å². The summed E-state index contributed by atoms with van der Waals surface area (Å²) in [5.74, 6) is 0.0507. The van der Waals surface area contributed by atoms with Crippen LogP contribution in [0.1, 0.15) is 24.4 Å². The SMILES string of the molecule is O=C(O)COC1CCN(C2COc3cc(O)ccc32)CC1. The van der Waals surface area contributed by atoms with Crippen LogP contribution in [0.25, 0.3) is 0 Å². The number of hydrogen-bond acceptors (Lipinski definition) is 5. The molecule has 3 rings (SSSR count). The highest BCUT2D eigenvalue weighted by Gasteiger charge is 2.32. The van der Waals surface area contributed by atoms with Crippen molar-refractivity contribution in [2.75, 3.05) is 26.3 Å². The maximum atomic E-state index is 10.5. The van der Waals surface area contributed by atoms with Crippen molar-refractivity contribution >= 4 is 5.97 Å². The summed E-state index contributed by atoms with van der Waals surface area (Å²) in [6.45, 7) is 2.09. The lowest BCUT2D eigenvalue weighted by atomic mass is 10.0. The van der Waals surface area contributed by atoms with Crippen molar-refractivity contribution in [3.63, 3.8) is 0 Å². The number of phenolic OH excluding ortho intramolecular Hbond substituents is 1. The van der Waals surface area contributed by atoms with Crippen LogP contribution < -0.4 is 4.74 Å². The first-order valence-electron chi connectivity index (χ1n) is 7.16. The molecule has 1 atom stereocenters. The molecule has 1 saturated heterocycles. The predicted octanol–water partition coefficient (Wildman–Crippen LogP) is 1.39. The van der Waals surface area contributed by atoms with Gasteiger partial charge in [-0.1, -0.05) is 0 Å². The Hall–Kier alpha value is -1.79. The largest absolute Gasteiger partial charge is 0.508 e. The van der Waals surface area contributed by atoms with Crippen LogP contribution >= 0.6 is 0 Å². The number of phenols is 1. The number of carboxylic acid groups (broad SMARTS) is 1. The third-order valence-corrected chi connectivity index (χ3v) is 4.11. The number of aliphatic carboxylic acids is 1. The quantitative estimate of drug-likeness (QED) is 0.873. The van der Waals surface area contributed by atoms with Crippen molar-refractivity contribution in [1.29, 1.82) is 0 Å². The lowest BCUT2D eigenvalue weighted by Gasteiger charge is -2.35. The third kappa shape index (κ3) is 3.11. The summed E-state index contributed by atoms with van der Waals surface area (Å²) in [6, 6.07) is 5.46. The van der Waals surface area contributed by atoms with Gasteiger partial charge in [-0.05, 0) is 25.0 Å². The molecule has 0 amide bonds. The van der Waals surface area contributed by atoms with Crippen molar-refractivity contribution in [2.24, 2.45) is 0 Å². The topological polar surface area (TPSA) is 79.2 Å². The molecular weight excluding hydrogens is 274 g/mol. The molecule has 1 aromatic carbocycles. The highest BCUT2D eigenvalue weighted by molar-refractivity contribution is 5.68. The second kappa shape index (κ2) is 5.91. The van der Waals surface area contributed by atoms with E-state index in [0.717, 1.165) is 37.2 Å². The lowest BCUT2D eigenvalue weighted by Crippen LogP contribution is -2.40. The smallest absolute Gasteiger partial charge is 0.329 e. The molecule has 114 valence electrons. The summed E-state index contributed by atoms with van der Waals surface area (Å²) in [6.07, 6.45) is 1.69. The maximum Gasteiger partial charge on any atom is 0.329 e. The molecular formula is C15H19NO5. The van der Waals surface area contributed by atoms with Crippen LogP contribution in [0, 0.1) is 0 Å². The molecule has 6 nitrogen and oxygen atoms in total. The number of nitrogens with zero attached hydrogens (tertiary/aromatic N) is 1. The van der Waals surface area contributed by atoms with E-state index in [1.165, 1.54) is 0 Å². The standard InChI is InChI=1S/C15H19NO5/c17-10-1-2-12-13(8-21-14(12)7-10)16-5-3-11(4-6-16)20-9-15(18)19/h1-2,7,11,13,17H,3-6,8-9H2,(H,18,19). The number of rotatable bonds is 4. The van der Waals surface area contributed by atoms with Crippen molar-refractivity contribution in [3.05, 3.63) is 23.8 Å². The minimum atomic E-state index is -0.921. The van der Waals surface area contributed by atoms with E-state index in [2.05, 4.69) is 4.90 Å². The first kappa shape index (κ1) is 14.2. The van der Waals surface area contributed by atoms with E-state index in [1.807, 2.05) is 6.07 Å². The van der Waals surface area contributed by atoms with Gasteiger partial charge in [0.05, 0.1) is 12.1 Å². The molecule has 0 bridgehead atoms. The van der Waals surface area contributed by atoms with Gasteiger partial charge in [-0.2, -0.15) is 0 Å². The van der Waals surface area contributed by atoms with Gasteiger partial charge in [0.15, 0.2) is 0 Å². The Kier molecular flexibility index (Phi) is 3.98. The van der Waals surface area contributed by atoms with Crippen molar-refractivity contribution in [2.45, 2.75) is 25.0 Å². The fourth-order valence-electron chi connectivity index (χ4n) is 3.03. The maximum absolute atomic E-state index is 10.5. The predicted molar refractivity (Wildman–Crippen MR) is 74.5 cm³/mol. The number of benzene rings is 1. The average Bonchev–Trinajstić information content (AvgIpc) is 2.88. The van der Waals surface area contributed by atoms with Crippen LogP contribution in [0.5, 0.6) is 11.5 Å². The van der Waals surface area contributed by atoms with Crippen LogP contribution in [0.3, 0.4) is 0 Å². The molecule has 1 unspecified atom stereocenters. The summed E-state index contributed by atoms with van der Waals surface area (Å²) in [4.78, 5) is 12.8.